The summed E-state index contributed by atoms with van der Waals surface area (Å²) in [6, 6.07) is 7.11. The molecule has 0 saturated carbocycles. The normalized spacial score (nSPS) is 11.1. The first-order chi connectivity index (χ1) is 12.7. The van der Waals surface area contributed by atoms with Gasteiger partial charge in [-0.25, -0.2) is 0 Å². The van der Waals surface area contributed by atoms with E-state index in [0.717, 1.165) is 5.57 Å². The van der Waals surface area contributed by atoms with Crippen LogP contribution in [0, 0.1) is 0 Å². The van der Waals surface area contributed by atoms with Crippen LogP contribution in [0.3, 0.4) is 0 Å². The fraction of sp³-hybridized carbons (Fsp3) is 0.190. The molecule has 0 aromatic heterocycles. The predicted octanol–water partition coefficient (Wildman–Crippen LogP) is 4.10. The second kappa shape index (κ2) is 8.31. The molecule has 0 heterocycles. The molecule has 0 spiro atoms. The second-order valence-corrected chi connectivity index (χ2v) is 6.24. The Labute approximate surface area is 157 Å². The molecular formula is C21H22O6. The Morgan fingerprint density at radius 1 is 1.11 bits per heavy atom. The zero-order chi connectivity index (χ0) is 20.1. The van der Waals surface area contributed by atoms with Crippen molar-refractivity contribution in [2.45, 2.75) is 20.3 Å². The number of methoxy groups -OCH3 is 1. The van der Waals surface area contributed by atoms with Gasteiger partial charge in [0.25, 0.3) is 0 Å². The number of carbonyl (C=O) groups excluding carboxylic acids is 1. The SMILES string of the molecule is COc1cc(O)c(CC=C(C)C)c(O)c1C(=O)/C(O)=C/c1ccc(O)cc1. The first-order valence-electron chi connectivity index (χ1n) is 8.24. The van der Waals surface area contributed by atoms with Gasteiger partial charge in [0, 0.05) is 11.6 Å². The van der Waals surface area contributed by atoms with Crippen LogP contribution < -0.4 is 4.74 Å². The van der Waals surface area contributed by atoms with E-state index in [4.69, 9.17) is 4.74 Å². The third-order valence-corrected chi connectivity index (χ3v) is 3.94. The Balaban J connectivity index is 2.51. The van der Waals surface area contributed by atoms with Crippen molar-refractivity contribution in [2.75, 3.05) is 7.11 Å². The standard InChI is InChI=1S/C21H22O6/c1-12(2)4-9-15-16(23)11-18(27-3)19(20(15)25)21(26)17(24)10-13-5-7-14(22)8-6-13/h4-8,10-11,22-25H,9H2,1-3H3/b17-10-. The summed E-state index contributed by atoms with van der Waals surface area (Å²) in [5.41, 5.74) is 1.39. The van der Waals surface area contributed by atoms with Gasteiger partial charge in [0.15, 0.2) is 5.76 Å². The minimum Gasteiger partial charge on any atom is -0.508 e. The highest BCUT2D eigenvalue weighted by Gasteiger charge is 2.25. The lowest BCUT2D eigenvalue weighted by Gasteiger charge is -2.14. The van der Waals surface area contributed by atoms with Crippen LogP contribution in [0.5, 0.6) is 23.0 Å². The highest BCUT2D eigenvalue weighted by molar-refractivity contribution is 6.13. The van der Waals surface area contributed by atoms with Crippen molar-refractivity contribution in [2.24, 2.45) is 0 Å². The molecule has 0 aliphatic rings. The number of ether oxygens (including phenoxy) is 1. The number of benzene rings is 2. The predicted molar refractivity (Wildman–Crippen MR) is 103 cm³/mol. The number of aromatic hydroxyl groups is 3. The number of hydrogen-bond acceptors (Lipinski definition) is 6. The van der Waals surface area contributed by atoms with Crippen LogP contribution in [0.4, 0.5) is 0 Å². The largest absolute Gasteiger partial charge is 0.508 e. The molecule has 0 amide bonds. The summed E-state index contributed by atoms with van der Waals surface area (Å²) in [5.74, 6) is -2.12. The van der Waals surface area contributed by atoms with Gasteiger partial charge in [0.2, 0.25) is 5.78 Å². The molecule has 0 aliphatic carbocycles. The van der Waals surface area contributed by atoms with Crippen molar-refractivity contribution < 1.29 is 30.0 Å². The third-order valence-electron chi connectivity index (χ3n) is 3.94. The molecular weight excluding hydrogens is 348 g/mol. The smallest absolute Gasteiger partial charge is 0.234 e. The Hall–Kier alpha value is -3.41. The quantitative estimate of drug-likeness (QED) is 0.264. The minimum absolute atomic E-state index is 0.0541. The number of Topliss-reactive ketones (excluding diaryl/α,β-unsaturated/α-hetero) is 1. The summed E-state index contributed by atoms with van der Waals surface area (Å²) in [6.45, 7) is 3.74. The number of phenolic OH excluding ortho intramolecular Hbond substituents is 3. The van der Waals surface area contributed by atoms with Crippen molar-refractivity contribution >= 4 is 11.9 Å². The van der Waals surface area contributed by atoms with Crippen LogP contribution in [-0.4, -0.2) is 33.3 Å². The Morgan fingerprint density at radius 3 is 2.30 bits per heavy atom. The summed E-state index contributed by atoms with van der Waals surface area (Å²) in [6.07, 6.45) is 3.22. The lowest BCUT2D eigenvalue weighted by atomic mass is 9.98. The average Bonchev–Trinajstić information content (AvgIpc) is 2.62. The molecule has 6 nitrogen and oxygen atoms in total. The van der Waals surface area contributed by atoms with Gasteiger partial charge < -0.3 is 25.2 Å². The average molecular weight is 370 g/mol. The van der Waals surface area contributed by atoms with E-state index in [-0.39, 0.29) is 34.8 Å². The maximum absolute atomic E-state index is 12.7. The molecule has 0 bridgehead atoms. The molecule has 2 rings (SSSR count). The maximum Gasteiger partial charge on any atom is 0.234 e. The van der Waals surface area contributed by atoms with E-state index in [2.05, 4.69) is 0 Å². The lowest BCUT2D eigenvalue weighted by Crippen LogP contribution is -2.07. The van der Waals surface area contributed by atoms with Crippen molar-refractivity contribution in [3.63, 3.8) is 0 Å². The van der Waals surface area contributed by atoms with Crippen LogP contribution in [0.2, 0.25) is 0 Å². The van der Waals surface area contributed by atoms with Gasteiger partial charge >= 0.3 is 0 Å². The van der Waals surface area contributed by atoms with Gasteiger partial charge in [0.05, 0.1) is 7.11 Å². The van der Waals surface area contributed by atoms with Gasteiger partial charge in [-0.3, -0.25) is 4.79 Å². The fourth-order valence-corrected chi connectivity index (χ4v) is 2.48. The van der Waals surface area contributed by atoms with E-state index in [9.17, 15) is 25.2 Å². The third kappa shape index (κ3) is 4.61. The van der Waals surface area contributed by atoms with Crippen molar-refractivity contribution in [3.8, 4) is 23.0 Å². The summed E-state index contributed by atoms with van der Waals surface area (Å²) < 4.78 is 5.10. The van der Waals surface area contributed by atoms with E-state index in [1.165, 1.54) is 43.5 Å². The highest BCUT2D eigenvalue weighted by Crippen LogP contribution is 2.39. The van der Waals surface area contributed by atoms with Crippen LogP contribution in [0.15, 0.2) is 47.7 Å². The first kappa shape index (κ1) is 19.9. The maximum atomic E-state index is 12.7. The Kier molecular flexibility index (Phi) is 6.13. The van der Waals surface area contributed by atoms with E-state index < -0.39 is 17.3 Å². The summed E-state index contributed by atoms with van der Waals surface area (Å²) in [4.78, 5) is 12.7. The van der Waals surface area contributed by atoms with E-state index >= 15 is 0 Å². The van der Waals surface area contributed by atoms with E-state index in [1.807, 2.05) is 13.8 Å². The number of aliphatic hydroxyl groups excluding tert-OH is 1. The molecule has 142 valence electrons. The molecule has 0 radical (unpaired) electrons. The molecule has 0 aliphatic heterocycles. The fourth-order valence-electron chi connectivity index (χ4n) is 2.48. The van der Waals surface area contributed by atoms with Crippen LogP contribution >= 0.6 is 0 Å². The summed E-state index contributed by atoms with van der Waals surface area (Å²) in [7, 11) is 1.29. The molecule has 2 aromatic rings. The van der Waals surface area contributed by atoms with Crippen LogP contribution in [0.1, 0.15) is 35.3 Å². The molecule has 0 saturated heterocycles. The highest BCUT2D eigenvalue weighted by atomic mass is 16.5. The second-order valence-electron chi connectivity index (χ2n) is 6.24. The topological polar surface area (TPSA) is 107 Å². The number of carbonyl (C=O) groups is 1. The summed E-state index contributed by atoms with van der Waals surface area (Å²) in [5, 5.41) is 40.2. The first-order valence-corrected chi connectivity index (χ1v) is 8.24. The molecule has 4 N–H and O–H groups in total. The number of allylic oxidation sites excluding steroid dienone is 3. The molecule has 0 fully saturated rings. The monoisotopic (exact) mass is 370 g/mol. The number of rotatable bonds is 6. The van der Waals surface area contributed by atoms with Crippen molar-refractivity contribution in [3.05, 3.63) is 64.4 Å². The van der Waals surface area contributed by atoms with Gasteiger partial charge in [-0.1, -0.05) is 23.8 Å². The van der Waals surface area contributed by atoms with E-state index in [0.29, 0.717) is 5.56 Å². The Morgan fingerprint density at radius 2 is 1.74 bits per heavy atom. The van der Waals surface area contributed by atoms with E-state index in [1.54, 1.807) is 6.08 Å². The molecule has 27 heavy (non-hydrogen) atoms. The van der Waals surface area contributed by atoms with Crippen molar-refractivity contribution in [1.82, 2.24) is 0 Å². The van der Waals surface area contributed by atoms with Crippen molar-refractivity contribution in [1.29, 1.82) is 0 Å². The number of ketones is 1. The lowest BCUT2D eigenvalue weighted by molar-refractivity contribution is 0.0974. The van der Waals surface area contributed by atoms with Crippen LogP contribution in [-0.2, 0) is 6.42 Å². The number of hydrogen-bond donors (Lipinski definition) is 4. The molecule has 6 heteroatoms. The van der Waals surface area contributed by atoms with Crippen LogP contribution in [0.25, 0.3) is 6.08 Å². The molecule has 2 aromatic carbocycles. The zero-order valence-electron chi connectivity index (χ0n) is 15.4. The van der Waals surface area contributed by atoms with Gasteiger partial charge in [-0.15, -0.1) is 0 Å². The van der Waals surface area contributed by atoms with Gasteiger partial charge in [0.1, 0.15) is 28.6 Å². The number of aliphatic hydroxyl groups is 1. The number of phenols is 3. The Bertz CT molecular complexity index is 903. The van der Waals surface area contributed by atoms with Gasteiger partial charge in [-0.05, 0) is 44.0 Å². The van der Waals surface area contributed by atoms with Gasteiger partial charge in [-0.2, -0.15) is 0 Å². The zero-order valence-corrected chi connectivity index (χ0v) is 15.4. The summed E-state index contributed by atoms with van der Waals surface area (Å²) >= 11 is 0. The molecule has 0 unspecified atom stereocenters. The minimum atomic E-state index is -0.851. The molecule has 0 atom stereocenters.